The van der Waals surface area contributed by atoms with Crippen LogP contribution >= 0.6 is 0 Å². The second kappa shape index (κ2) is 4.41. The van der Waals surface area contributed by atoms with Crippen molar-refractivity contribution in [2.45, 2.75) is 18.9 Å². The molecule has 0 aromatic heterocycles. The lowest BCUT2D eigenvalue weighted by Gasteiger charge is -2.15. The lowest BCUT2D eigenvalue weighted by atomic mass is 10.0. The molecule has 1 aliphatic rings. The SMILES string of the molecule is CN(C)C(=O)[C@@H]1C[C@H](CC(=O)O)CN1. The van der Waals surface area contributed by atoms with Gasteiger partial charge in [-0.3, -0.25) is 9.59 Å². The number of likely N-dealkylation sites (N-methyl/N-ethyl adjacent to an activating group) is 1. The van der Waals surface area contributed by atoms with Crippen LogP contribution in [-0.2, 0) is 9.59 Å². The van der Waals surface area contributed by atoms with E-state index in [-0.39, 0.29) is 24.3 Å². The van der Waals surface area contributed by atoms with Gasteiger partial charge in [0.05, 0.1) is 6.04 Å². The number of aliphatic carboxylic acids is 1. The van der Waals surface area contributed by atoms with Gasteiger partial charge in [0, 0.05) is 20.5 Å². The number of carboxylic acid groups (broad SMARTS) is 1. The van der Waals surface area contributed by atoms with E-state index in [0.29, 0.717) is 13.0 Å². The molecule has 1 saturated heterocycles. The molecule has 1 aliphatic heterocycles. The molecule has 0 aromatic carbocycles. The second-order valence-electron chi connectivity index (χ2n) is 3.89. The van der Waals surface area contributed by atoms with Crippen molar-refractivity contribution in [1.82, 2.24) is 10.2 Å². The van der Waals surface area contributed by atoms with Gasteiger partial charge in [0.2, 0.25) is 5.91 Å². The highest BCUT2D eigenvalue weighted by Crippen LogP contribution is 2.18. The topological polar surface area (TPSA) is 69.6 Å². The van der Waals surface area contributed by atoms with Crippen molar-refractivity contribution in [3.8, 4) is 0 Å². The summed E-state index contributed by atoms with van der Waals surface area (Å²) in [4.78, 5) is 23.5. The van der Waals surface area contributed by atoms with Crippen LogP contribution in [-0.4, -0.2) is 48.6 Å². The monoisotopic (exact) mass is 200 g/mol. The zero-order chi connectivity index (χ0) is 10.7. The average Bonchev–Trinajstić information content (AvgIpc) is 2.50. The number of carboxylic acids is 1. The highest BCUT2D eigenvalue weighted by molar-refractivity contribution is 5.81. The van der Waals surface area contributed by atoms with E-state index in [1.807, 2.05) is 0 Å². The first-order chi connectivity index (χ1) is 6.50. The van der Waals surface area contributed by atoms with E-state index < -0.39 is 5.97 Å². The Bertz CT molecular complexity index is 240. The van der Waals surface area contributed by atoms with Crippen LogP contribution in [0.1, 0.15) is 12.8 Å². The first-order valence-corrected chi connectivity index (χ1v) is 4.67. The zero-order valence-corrected chi connectivity index (χ0v) is 8.49. The summed E-state index contributed by atoms with van der Waals surface area (Å²) in [6, 6.07) is -0.200. The Labute approximate surface area is 83.1 Å². The molecular weight excluding hydrogens is 184 g/mol. The molecule has 0 unspecified atom stereocenters. The van der Waals surface area contributed by atoms with E-state index in [0.717, 1.165) is 0 Å². The minimum atomic E-state index is -0.797. The molecule has 1 amide bonds. The summed E-state index contributed by atoms with van der Waals surface area (Å²) in [6.45, 7) is 0.622. The van der Waals surface area contributed by atoms with Crippen LogP contribution in [0.5, 0.6) is 0 Å². The van der Waals surface area contributed by atoms with Gasteiger partial charge < -0.3 is 15.3 Å². The zero-order valence-electron chi connectivity index (χ0n) is 8.49. The van der Waals surface area contributed by atoms with Gasteiger partial charge in [-0.05, 0) is 18.9 Å². The second-order valence-corrected chi connectivity index (χ2v) is 3.89. The fourth-order valence-electron chi connectivity index (χ4n) is 1.71. The quantitative estimate of drug-likeness (QED) is 0.646. The molecule has 2 atom stereocenters. The average molecular weight is 200 g/mol. The Morgan fingerprint density at radius 2 is 2.14 bits per heavy atom. The van der Waals surface area contributed by atoms with Gasteiger partial charge in [0.15, 0.2) is 0 Å². The van der Waals surface area contributed by atoms with Crippen LogP contribution in [0.25, 0.3) is 0 Å². The molecular formula is C9H16N2O3. The van der Waals surface area contributed by atoms with Gasteiger partial charge in [-0.25, -0.2) is 0 Å². The highest BCUT2D eigenvalue weighted by Gasteiger charge is 2.31. The van der Waals surface area contributed by atoms with Crippen LogP contribution in [0.3, 0.4) is 0 Å². The molecule has 0 spiro atoms. The maximum Gasteiger partial charge on any atom is 0.303 e. The van der Waals surface area contributed by atoms with Crippen LogP contribution < -0.4 is 5.32 Å². The normalized spacial score (nSPS) is 26.1. The third kappa shape index (κ3) is 2.70. The summed E-state index contributed by atoms with van der Waals surface area (Å²) < 4.78 is 0. The molecule has 14 heavy (non-hydrogen) atoms. The molecule has 0 aliphatic carbocycles. The van der Waals surface area contributed by atoms with Crippen molar-refractivity contribution in [3.63, 3.8) is 0 Å². The van der Waals surface area contributed by atoms with Crippen LogP contribution in [0.2, 0.25) is 0 Å². The first kappa shape index (κ1) is 11.0. The summed E-state index contributed by atoms with van der Waals surface area (Å²) >= 11 is 0. The summed E-state index contributed by atoms with van der Waals surface area (Å²) in [5.41, 5.74) is 0. The number of carbonyl (C=O) groups is 2. The third-order valence-electron chi connectivity index (χ3n) is 2.42. The number of hydrogen-bond donors (Lipinski definition) is 2. The predicted octanol–water partition coefficient (Wildman–Crippen LogP) is -0.473. The Morgan fingerprint density at radius 3 is 2.64 bits per heavy atom. The smallest absolute Gasteiger partial charge is 0.303 e. The van der Waals surface area contributed by atoms with Gasteiger partial charge >= 0.3 is 5.97 Å². The van der Waals surface area contributed by atoms with E-state index in [2.05, 4.69) is 5.32 Å². The molecule has 1 rings (SSSR count). The van der Waals surface area contributed by atoms with Crippen molar-refractivity contribution in [1.29, 1.82) is 0 Å². The van der Waals surface area contributed by atoms with Crippen molar-refractivity contribution >= 4 is 11.9 Å². The Morgan fingerprint density at radius 1 is 1.50 bits per heavy atom. The summed E-state index contributed by atoms with van der Waals surface area (Å²) in [5.74, 6) is -0.686. The lowest BCUT2D eigenvalue weighted by molar-refractivity contribution is -0.138. The van der Waals surface area contributed by atoms with Crippen LogP contribution in [0, 0.1) is 5.92 Å². The third-order valence-corrected chi connectivity index (χ3v) is 2.42. The Balaban J connectivity index is 2.41. The minimum absolute atomic E-state index is 0.0258. The number of nitrogens with zero attached hydrogens (tertiary/aromatic N) is 1. The van der Waals surface area contributed by atoms with Crippen molar-refractivity contribution < 1.29 is 14.7 Å². The molecule has 0 radical (unpaired) electrons. The Hall–Kier alpha value is -1.10. The largest absolute Gasteiger partial charge is 0.481 e. The summed E-state index contributed by atoms with van der Waals surface area (Å²) in [5, 5.41) is 11.6. The van der Waals surface area contributed by atoms with Crippen LogP contribution in [0.15, 0.2) is 0 Å². The molecule has 0 bridgehead atoms. The van der Waals surface area contributed by atoms with Gasteiger partial charge in [-0.1, -0.05) is 0 Å². The Kier molecular flexibility index (Phi) is 3.46. The van der Waals surface area contributed by atoms with Gasteiger partial charge in [0.25, 0.3) is 0 Å². The molecule has 0 aromatic rings. The van der Waals surface area contributed by atoms with Gasteiger partial charge in [0.1, 0.15) is 0 Å². The first-order valence-electron chi connectivity index (χ1n) is 4.67. The van der Waals surface area contributed by atoms with E-state index >= 15 is 0 Å². The molecule has 5 nitrogen and oxygen atoms in total. The minimum Gasteiger partial charge on any atom is -0.481 e. The lowest BCUT2D eigenvalue weighted by Crippen LogP contribution is -2.39. The standard InChI is InChI=1S/C9H16N2O3/c1-11(2)9(14)7-3-6(5-10-7)4-8(12)13/h6-7,10H,3-5H2,1-2H3,(H,12,13)/t6-,7+/m1/s1. The highest BCUT2D eigenvalue weighted by atomic mass is 16.4. The van der Waals surface area contributed by atoms with E-state index in [1.165, 1.54) is 4.90 Å². The number of amides is 1. The van der Waals surface area contributed by atoms with Crippen LogP contribution in [0.4, 0.5) is 0 Å². The number of hydrogen-bond acceptors (Lipinski definition) is 3. The van der Waals surface area contributed by atoms with E-state index in [1.54, 1.807) is 14.1 Å². The molecule has 2 N–H and O–H groups in total. The fraction of sp³-hybridized carbons (Fsp3) is 0.778. The van der Waals surface area contributed by atoms with Gasteiger partial charge in [-0.2, -0.15) is 0 Å². The maximum atomic E-state index is 11.5. The maximum absolute atomic E-state index is 11.5. The number of rotatable bonds is 3. The van der Waals surface area contributed by atoms with Gasteiger partial charge in [-0.15, -0.1) is 0 Å². The summed E-state index contributed by atoms with van der Waals surface area (Å²) in [6.07, 6.45) is 0.771. The van der Waals surface area contributed by atoms with Crippen molar-refractivity contribution in [3.05, 3.63) is 0 Å². The predicted molar refractivity (Wildman–Crippen MR) is 50.8 cm³/mol. The molecule has 1 heterocycles. The molecule has 80 valence electrons. The molecule has 0 saturated carbocycles. The van der Waals surface area contributed by atoms with Crippen molar-refractivity contribution in [2.75, 3.05) is 20.6 Å². The van der Waals surface area contributed by atoms with E-state index in [9.17, 15) is 9.59 Å². The molecule has 1 fully saturated rings. The molecule has 5 heteroatoms. The number of nitrogens with one attached hydrogen (secondary N) is 1. The fourth-order valence-corrected chi connectivity index (χ4v) is 1.71. The number of carbonyl (C=O) groups excluding carboxylic acids is 1. The summed E-state index contributed by atoms with van der Waals surface area (Å²) in [7, 11) is 3.41. The van der Waals surface area contributed by atoms with Crippen molar-refractivity contribution in [2.24, 2.45) is 5.92 Å². The van der Waals surface area contributed by atoms with E-state index in [4.69, 9.17) is 5.11 Å².